The van der Waals surface area contributed by atoms with Gasteiger partial charge in [-0.25, -0.2) is 0 Å². The minimum absolute atomic E-state index is 0.443. The van der Waals surface area contributed by atoms with Gasteiger partial charge in [0.15, 0.2) is 0 Å². The highest BCUT2D eigenvalue weighted by molar-refractivity contribution is 5.01. The van der Waals surface area contributed by atoms with E-state index in [0.717, 1.165) is 19.8 Å². The maximum Gasteiger partial charge on any atom is 0.0656 e. The van der Waals surface area contributed by atoms with Crippen molar-refractivity contribution in [3.8, 4) is 0 Å². The average molecular weight is 141 g/mol. The first-order valence-corrected chi connectivity index (χ1v) is 3.75. The molecular weight excluding hydrogens is 126 g/mol. The summed E-state index contributed by atoms with van der Waals surface area (Å²) in [7, 11) is 0. The normalized spacial score (nSPS) is 26.0. The zero-order chi connectivity index (χ0) is 7.40. The molecule has 0 aromatic carbocycles. The summed E-state index contributed by atoms with van der Waals surface area (Å²) in [6.45, 7) is 6.87. The molecule has 1 rings (SSSR count). The fourth-order valence-corrected chi connectivity index (χ4v) is 1.10. The largest absolute Gasteiger partial charge is 0.378 e. The summed E-state index contributed by atoms with van der Waals surface area (Å²) >= 11 is 0. The molecule has 0 aromatic rings. The molecule has 1 fully saturated rings. The van der Waals surface area contributed by atoms with E-state index in [1.54, 1.807) is 0 Å². The number of hydrogen-bond acceptors (Lipinski definition) is 2. The molecule has 1 aliphatic rings. The van der Waals surface area contributed by atoms with Gasteiger partial charge in [0.25, 0.3) is 0 Å². The van der Waals surface area contributed by atoms with E-state index in [4.69, 9.17) is 4.74 Å². The standard InChI is InChI=1S/C8H15NO/c1-7(2)5-8-6-10-4-3-9-8/h5,8-9H,3-4,6H2,1-2H3. The highest BCUT2D eigenvalue weighted by Gasteiger charge is 2.08. The maximum atomic E-state index is 5.28. The first-order chi connectivity index (χ1) is 4.79. The van der Waals surface area contributed by atoms with E-state index in [9.17, 15) is 0 Å². The van der Waals surface area contributed by atoms with Gasteiger partial charge in [0, 0.05) is 12.6 Å². The Labute approximate surface area is 62.3 Å². The van der Waals surface area contributed by atoms with Crippen molar-refractivity contribution in [2.75, 3.05) is 19.8 Å². The minimum Gasteiger partial charge on any atom is -0.378 e. The van der Waals surface area contributed by atoms with Gasteiger partial charge >= 0.3 is 0 Å². The van der Waals surface area contributed by atoms with Crippen molar-refractivity contribution in [2.24, 2.45) is 0 Å². The monoisotopic (exact) mass is 141 g/mol. The van der Waals surface area contributed by atoms with E-state index in [1.807, 2.05) is 0 Å². The summed E-state index contributed by atoms with van der Waals surface area (Å²) in [5.74, 6) is 0. The van der Waals surface area contributed by atoms with Crippen LogP contribution < -0.4 is 5.32 Å². The van der Waals surface area contributed by atoms with Gasteiger partial charge in [0.2, 0.25) is 0 Å². The van der Waals surface area contributed by atoms with Gasteiger partial charge in [-0.2, -0.15) is 0 Å². The van der Waals surface area contributed by atoms with E-state index in [0.29, 0.717) is 6.04 Å². The Morgan fingerprint density at radius 3 is 2.90 bits per heavy atom. The Bertz CT molecular complexity index is 121. The lowest BCUT2D eigenvalue weighted by Gasteiger charge is -2.21. The van der Waals surface area contributed by atoms with Gasteiger partial charge in [-0.1, -0.05) is 11.6 Å². The van der Waals surface area contributed by atoms with E-state index in [-0.39, 0.29) is 0 Å². The molecule has 0 amide bonds. The second-order valence-electron chi connectivity index (χ2n) is 2.88. The van der Waals surface area contributed by atoms with Gasteiger partial charge in [-0.15, -0.1) is 0 Å². The van der Waals surface area contributed by atoms with Gasteiger partial charge < -0.3 is 10.1 Å². The van der Waals surface area contributed by atoms with Crippen LogP contribution in [0.15, 0.2) is 11.6 Å². The molecule has 1 heterocycles. The molecule has 2 heteroatoms. The molecule has 10 heavy (non-hydrogen) atoms. The molecule has 1 N–H and O–H groups in total. The van der Waals surface area contributed by atoms with Crippen molar-refractivity contribution in [1.29, 1.82) is 0 Å². The number of rotatable bonds is 1. The van der Waals surface area contributed by atoms with Crippen LogP contribution in [-0.2, 0) is 4.74 Å². The maximum absolute atomic E-state index is 5.28. The van der Waals surface area contributed by atoms with Crippen molar-refractivity contribution >= 4 is 0 Å². The molecule has 1 saturated heterocycles. The van der Waals surface area contributed by atoms with Crippen LogP contribution in [0.5, 0.6) is 0 Å². The van der Waals surface area contributed by atoms with Crippen molar-refractivity contribution in [3.05, 3.63) is 11.6 Å². The first kappa shape index (κ1) is 7.76. The summed E-state index contributed by atoms with van der Waals surface area (Å²) in [6.07, 6.45) is 2.21. The molecule has 0 aliphatic carbocycles. The highest BCUT2D eigenvalue weighted by atomic mass is 16.5. The van der Waals surface area contributed by atoms with Crippen molar-refractivity contribution < 1.29 is 4.74 Å². The summed E-state index contributed by atoms with van der Waals surface area (Å²) in [5.41, 5.74) is 1.35. The number of nitrogens with one attached hydrogen (secondary N) is 1. The fraction of sp³-hybridized carbons (Fsp3) is 0.750. The Morgan fingerprint density at radius 2 is 2.40 bits per heavy atom. The predicted molar refractivity (Wildman–Crippen MR) is 42.0 cm³/mol. The molecule has 1 atom stereocenters. The highest BCUT2D eigenvalue weighted by Crippen LogP contribution is 1.98. The van der Waals surface area contributed by atoms with Crippen molar-refractivity contribution in [1.82, 2.24) is 5.32 Å². The van der Waals surface area contributed by atoms with Crippen LogP contribution in [0.2, 0.25) is 0 Å². The average Bonchev–Trinajstić information content (AvgIpc) is 1.88. The number of morpholine rings is 1. The van der Waals surface area contributed by atoms with E-state index >= 15 is 0 Å². The van der Waals surface area contributed by atoms with Crippen molar-refractivity contribution in [3.63, 3.8) is 0 Å². The first-order valence-electron chi connectivity index (χ1n) is 3.75. The quantitative estimate of drug-likeness (QED) is 0.549. The van der Waals surface area contributed by atoms with E-state index in [1.165, 1.54) is 5.57 Å². The summed E-state index contributed by atoms with van der Waals surface area (Å²) in [6, 6.07) is 0.443. The molecule has 0 saturated carbocycles. The van der Waals surface area contributed by atoms with Gasteiger partial charge in [-0.3, -0.25) is 0 Å². The third kappa shape index (κ3) is 2.50. The molecule has 2 nitrogen and oxygen atoms in total. The van der Waals surface area contributed by atoms with Crippen LogP contribution >= 0.6 is 0 Å². The van der Waals surface area contributed by atoms with Crippen LogP contribution in [-0.4, -0.2) is 25.8 Å². The molecular formula is C8H15NO. The van der Waals surface area contributed by atoms with Gasteiger partial charge in [0.1, 0.15) is 0 Å². The SMILES string of the molecule is CC(C)=CC1COCCN1. The lowest BCUT2D eigenvalue weighted by molar-refractivity contribution is 0.0899. The van der Waals surface area contributed by atoms with Crippen LogP contribution in [0.1, 0.15) is 13.8 Å². The third-order valence-electron chi connectivity index (χ3n) is 1.48. The molecule has 0 radical (unpaired) electrons. The van der Waals surface area contributed by atoms with Crippen LogP contribution in [0, 0.1) is 0 Å². The van der Waals surface area contributed by atoms with Gasteiger partial charge in [-0.05, 0) is 13.8 Å². The second-order valence-corrected chi connectivity index (χ2v) is 2.88. The topological polar surface area (TPSA) is 21.3 Å². The molecule has 0 bridgehead atoms. The van der Waals surface area contributed by atoms with Crippen LogP contribution in [0.4, 0.5) is 0 Å². The van der Waals surface area contributed by atoms with E-state index < -0.39 is 0 Å². The summed E-state index contributed by atoms with van der Waals surface area (Å²) < 4.78 is 5.28. The number of ether oxygens (including phenoxy) is 1. The summed E-state index contributed by atoms with van der Waals surface area (Å²) in [5, 5.41) is 3.35. The summed E-state index contributed by atoms with van der Waals surface area (Å²) in [4.78, 5) is 0. The molecule has 1 unspecified atom stereocenters. The smallest absolute Gasteiger partial charge is 0.0656 e. The molecule has 0 spiro atoms. The number of hydrogen-bond donors (Lipinski definition) is 1. The van der Waals surface area contributed by atoms with Crippen LogP contribution in [0.25, 0.3) is 0 Å². The zero-order valence-corrected chi connectivity index (χ0v) is 6.68. The Kier molecular flexibility index (Phi) is 2.90. The van der Waals surface area contributed by atoms with Crippen LogP contribution in [0.3, 0.4) is 0 Å². The molecule has 0 aromatic heterocycles. The fourth-order valence-electron chi connectivity index (χ4n) is 1.10. The molecule has 58 valence electrons. The number of allylic oxidation sites excluding steroid dienone is 1. The zero-order valence-electron chi connectivity index (χ0n) is 6.68. The van der Waals surface area contributed by atoms with Crippen molar-refractivity contribution in [2.45, 2.75) is 19.9 Å². The predicted octanol–water partition coefficient (Wildman–Crippen LogP) is 0.941. The Balaban J connectivity index is 2.33. The lowest BCUT2D eigenvalue weighted by atomic mass is 10.2. The Hall–Kier alpha value is -0.340. The van der Waals surface area contributed by atoms with Gasteiger partial charge in [0.05, 0.1) is 13.2 Å². The lowest BCUT2D eigenvalue weighted by Crippen LogP contribution is -2.39. The third-order valence-corrected chi connectivity index (χ3v) is 1.48. The second kappa shape index (κ2) is 3.74. The van der Waals surface area contributed by atoms with E-state index in [2.05, 4.69) is 25.2 Å². The minimum atomic E-state index is 0.443. The Morgan fingerprint density at radius 1 is 1.60 bits per heavy atom. The molecule has 1 aliphatic heterocycles.